The highest BCUT2D eigenvalue weighted by Crippen LogP contribution is 2.66. The standard InChI is InChI=1S/C21H25NO3.2H2O/c1-12-6-7-21(24)16-10-14-4-5-15(23)18-17(14)20(21,19(12)25-18)8-9-22(16)11-13-2-3-13;;/h4-5,13,16,19,23-24H,1-3,6-11H2;2*1H2/t16-,19+,20+,21-;;/m1../s1. The van der Waals surface area contributed by atoms with Gasteiger partial charge in [0.2, 0.25) is 0 Å². The van der Waals surface area contributed by atoms with Crippen LogP contribution in [-0.2, 0) is 11.8 Å². The Morgan fingerprint density at radius 1 is 1.22 bits per heavy atom. The lowest BCUT2D eigenvalue weighted by Gasteiger charge is -2.63. The summed E-state index contributed by atoms with van der Waals surface area (Å²) in [7, 11) is 0. The second-order valence-corrected chi connectivity index (χ2v) is 8.91. The van der Waals surface area contributed by atoms with E-state index >= 15 is 0 Å². The van der Waals surface area contributed by atoms with Crippen molar-refractivity contribution in [3.05, 3.63) is 35.4 Å². The molecule has 148 valence electrons. The van der Waals surface area contributed by atoms with Crippen LogP contribution in [0.5, 0.6) is 11.5 Å². The average molecular weight is 375 g/mol. The van der Waals surface area contributed by atoms with Gasteiger partial charge in [0.1, 0.15) is 6.10 Å². The zero-order chi connectivity index (χ0) is 17.0. The number of likely N-dealkylation sites (tertiary alicyclic amines) is 1. The van der Waals surface area contributed by atoms with E-state index in [4.69, 9.17) is 4.74 Å². The molecule has 6 N–H and O–H groups in total. The van der Waals surface area contributed by atoms with Crippen LogP contribution in [0.4, 0.5) is 0 Å². The Bertz CT molecular complexity index is 806. The molecule has 2 saturated carbocycles. The van der Waals surface area contributed by atoms with E-state index in [1.807, 2.05) is 6.07 Å². The highest BCUT2D eigenvalue weighted by atomic mass is 16.5. The van der Waals surface area contributed by atoms with Crippen LogP contribution in [-0.4, -0.2) is 56.9 Å². The minimum Gasteiger partial charge on any atom is -0.504 e. The van der Waals surface area contributed by atoms with E-state index < -0.39 is 11.0 Å². The first kappa shape index (κ1) is 18.7. The third kappa shape index (κ3) is 2.04. The Balaban J connectivity index is 0.000000900. The first-order valence-corrected chi connectivity index (χ1v) is 9.71. The largest absolute Gasteiger partial charge is 0.504 e. The third-order valence-corrected chi connectivity index (χ3v) is 7.71. The van der Waals surface area contributed by atoms with E-state index in [0.717, 1.165) is 55.8 Å². The minimum absolute atomic E-state index is 0. The fraction of sp³-hybridized carbons (Fsp3) is 0.619. The number of aliphatic hydroxyl groups is 1. The lowest BCUT2D eigenvalue weighted by atomic mass is 9.48. The fourth-order valence-corrected chi connectivity index (χ4v) is 6.39. The third-order valence-electron chi connectivity index (χ3n) is 7.71. The van der Waals surface area contributed by atoms with Crippen molar-refractivity contribution in [2.75, 3.05) is 13.1 Å². The number of ether oxygens (including phenoxy) is 1. The monoisotopic (exact) mass is 375 g/mol. The predicted molar refractivity (Wildman–Crippen MR) is 101 cm³/mol. The first-order chi connectivity index (χ1) is 12.0. The summed E-state index contributed by atoms with van der Waals surface area (Å²) in [6.45, 7) is 6.40. The van der Waals surface area contributed by atoms with Gasteiger partial charge in [-0.15, -0.1) is 0 Å². The average Bonchev–Trinajstić information content (AvgIpc) is 3.32. The van der Waals surface area contributed by atoms with Crippen molar-refractivity contribution in [1.82, 2.24) is 4.90 Å². The summed E-state index contributed by atoms with van der Waals surface area (Å²) in [5, 5.41) is 22.5. The zero-order valence-corrected chi connectivity index (χ0v) is 15.5. The predicted octanol–water partition coefficient (Wildman–Crippen LogP) is 0.863. The van der Waals surface area contributed by atoms with Gasteiger partial charge in [-0.25, -0.2) is 0 Å². The maximum atomic E-state index is 12.1. The van der Waals surface area contributed by atoms with Gasteiger partial charge >= 0.3 is 0 Å². The Kier molecular flexibility index (Phi) is 3.96. The molecule has 3 fully saturated rings. The molecule has 6 heteroatoms. The van der Waals surface area contributed by atoms with Crippen LogP contribution < -0.4 is 4.74 Å². The minimum atomic E-state index is -0.780. The summed E-state index contributed by atoms with van der Waals surface area (Å²) >= 11 is 0. The van der Waals surface area contributed by atoms with Gasteiger partial charge < -0.3 is 25.9 Å². The molecule has 6 nitrogen and oxygen atoms in total. The summed E-state index contributed by atoms with van der Waals surface area (Å²) < 4.78 is 6.29. The van der Waals surface area contributed by atoms with Crippen molar-refractivity contribution in [3.63, 3.8) is 0 Å². The Labute approximate surface area is 159 Å². The van der Waals surface area contributed by atoms with E-state index in [0.29, 0.717) is 5.75 Å². The zero-order valence-electron chi connectivity index (χ0n) is 15.5. The van der Waals surface area contributed by atoms with E-state index in [1.54, 1.807) is 6.07 Å². The SMILES string of the molecule is C=C1CC[C@@]2(O)[C@H]3Cc4ccc(O)c5c4[C@@]2(CCN3CC2CC2)[C@H]1O5.O.O. The van der Waals surface area contributed by atoms with Crippen LogP contribution in [0.15, 0.2) is 24.3 Å². The van der Waals surface area contributed by atoms with Crippen LogP contribution in [0, 0.1) is 5.92 Å². The van der Waals surface area contributed by atoms with Crippen LogP contribution in [0.2, 0.25) is 0 Å². The van der Waals surface area contributed by atoms with E-state index in [1.165, 1.54) is 18.4 Å². The molecule has 0 amide bonds. The Morgan fingerprint density at radius 3 is 2.74 bits per heavy atom. The van der Waals surface area contributed by atoms with Gasteiger partial charge in [-0.3, -0.25) is 4.90 Å². The molecule has 4 atom stereocenters. The highest BCUT2D eigenvalue weighted by molar-refractivity contribution is 5.63. The van der Waals surface area contributed by atoms with E-state index in [-0.39, 0.29) is 28.8 Å². The lowest BCUT2D eigenvalue weighted by Crippen LogP contribution is -2.75. The molecule has 1 saturated heterocycles. The Morgan fingerprint density at radius 2 is 2.00 bits per heavy atom. The van der Waals surface area contributed by atoms with Crippen molar-refractivity contribution in [3.8, 4) is 11.5 Å². The molecular weight excluding hydrogens is 346 g/mol. The molecular formula is C21H29NO5. The fourth-order valence-electron chi connectivity index (χ4n) is 6.39. The second kappa shape index (κ2) is 5.70. The maximum Gasteiger partial charge on any atom is 0.166 e. The number of aromatic hydroxyl groups is 1. The van der Waals surface area contributed by atoms with Gasteiger partial charge in [0.05, 0.1) is 11.0 Å². The van der Waals surface area contributed by atoms with Crippen molar-refractivity contribution in [2.45, 2.75) is 61.7 Å². The van der Waals surface area contributed by atoms with Gasteiger partial charge in [0, 0.05) is 18.2 Å². The van der Waals surface area contributed by atoms with Crippen LogP contribution in [0.3, 0.4) is 0 Å². The first-order valence-electron chi connectivity index (χ1n) is 9.71. The number of benzene rings is 1. The summed E-state index contributed by atoms with van der Waals surface area (Å²) in [5.74, 6) is 1.64. The number of hydrogen-bond acceptors (Lipinski definition) is 4. The topological polar surface area (TPSA) is 116 Å². The molecule has 1 spiro atoms. The van der Waals surface area contributed by atoms with Crippen LogP contribution in [0.1, 0.15) is 43.2 Å². The molecule has 5 aliphatic rings. The molecule has 1 aromatic carbocycles. The van der Waals surface area contributed by atoms with Gasteiger partial charge in [-0.05, 0) is 68.2 Å². The molecule has 0 radical (unpaired) electrons. The molecule has 0 unspecified atom stereocenters. The molecule has 3 aliphatic carbocycles. The quantitative estimate of drug-likeness (QED) is 0.746. The normalized spacial score (nSPS) is 38.3. The second-order valence-electron chi connectivity index (χ2n) is 8.91. The van der Waals surface area contributed by atoms with Gasteiger partial charge in [0.15, 0.2) is 11.5 Å². The maximum absolute atomic E-state index is 12.1. The van der Waals surface area contributed by atoms with Crippen LogP contribution in [0.25, 0.3) is 0 Å². The number of hydrogen-bond donors (Lipinski definition) is 2. The van der Waals surface area contributed by atoms with Gasteiger partial charge in [-0.2, -0.15) is 0 Å². The van der Waals surface area contributed by atoms with E-state index in [9.17, 15) is 10.2 Å². The van der Waals surface area contributed by atoms with Crippen molar-refractivity contribution in [2.24, 2.45) is 5.92 Å². The molecule has 2 aliphatic heterocycles. The summed E-state index contributed by atoms with van der Waals surface area (Å²) in [6.07, 6.45) is 5.79. The van der Waals surface area contributed by atoms with Crippen molar-refractivity contribution in [1.29, 1.82) is 0 Å². The molecule has 2 heterocycles. The lowest BCUT2D eigenvalue weighted by molar-refractivity contribution is -0.174. The molecule has 2 bridgehead atoms. The van der Waals surface area contributed by atoms with Gasteiger partial charge in [0.25, 0.3) is 0 Å². The number of rotatable bonds is 2. The molecule has 27 heavy (non-hydrogen) atoms. The summed E-state index contributed by atoms with van der Waals surface area (Å²) in [4.78, 5) is 2.56. The number of phenolic OH excluding ortho intramolecular Hbond substituents is 1. The highest BCUT2D eigenvalue weighted by Gasteiger charge is 2.71. The molecule has 1 aromatic rings. The molecule has 0 aromatic heterocycles. The number of piperidine rings is 1. The number of phenols is 1. The van der Waals surface area contributed by atoms with Crippen molar-refractivity contribution < 1.29 is 25.9 Å². The van der Waals surface area contributed by atoms with Gasteiger partial charge in [-0.1, -0.05) is 12.6 Å². The smallest absolute Gasteiger partial charge is 0.166 e. The molecule has 6 rings (SSSR count). The number of nitrogens with zero attached hydrogens (tertiary/aromatic N) is 1. The van der Waals surface area contributed by atoms with Crippen LogP contribution >= 0.6 is 0 Å². The summed E-state index contributed by atoms with van der Waals surface area (Å²) in [6, 6.07) is 3.96. The van der Waals surface area contributed by atoms with E-state index in [2.05, 4.69) is 11.5 Å². The van der Waals surface area contributed by atoms with Crippen molar-refractivity contribution >= 4 is 0 Å². The Hall–Kier alpha value is -1.60. The summed E-state index contributed by atoms with van der Waals surface area (Å²) in [5.41, 5.74) is 2.21.